The molecule has 1 aromatic rings. The first kappa shape index (κ1) is 18.2. The Hall–Kier alpha value is -1.88. The van der Waals surface area contributed by atoms with Crippen molar-refractivity contribution < 1.29 is 14.0 Å². The molecule has 0 aromatic heterocycles. The van der Waals surface area contributed by atoms with Crippen molar-refractivity contribution in [2.45, 2.75) is 25.7 Å². The smallest absolute Gasteiger partial charge is 0.244 e. The molecule has 1 rings (SSSR count). The van der Waals surface area contributed by atoms with Gasteiger partial charge in [-0.2, -0.15) is 0 Å². The lowest BCUT2D eigenvalue weighted by atomic mass is 10.2. The zero-order chi connectivity index (χ0) is 16.4. The second kappa shape index (κ2) is 9.95. The first-order valence-electron chi connectivity index (χ1n) is 7.14. The first-order valence-corrected chi connectivity index (χ1v) is 7.52. The molecule has 0 heterocycles. The summed E-state index contributed by atoms with van der Waals surface area (Å²) in [6.07, 6.45) is 5.65. The van der Waals surface area contributed by atoms with Crippen LogP contribution in [-0.2, 0) is 9.59 Å². The summed E-state index contributed by atoms with van der Waals surface area (Å²) >= 11 is 5.65. The Labute approximate surface area is 134 Å². The second-order valence-corrected chi connectivity index (χ2v) is 5.21. The third kappa shape index (κ3) is 7.22. The van der Waals surface area contributed by atoms with E-state index in [1.807, 2.05) is 0 Å². The highest BCUT2D eigenvalue weighted by atomic mass is 35.5. The molecule has 0 saturated carbocycles. The lowest BCUT2D eigenvalue weighted by molar-refractivity contribution is -0.120. The summed E-state index contributed by atoms with van der Waals surface area (Å²) in [7, 11) is 1.61. The van der Waals surface area contributed by atoms with Gasteiger partial charge in [-0.05, 0) is 31.1 Å². The molecule has 0 spiro atoms. The molecule has 6 heteroatoms. The van der Waals surface area contributed by atoms with Gasteiger partial charge in [0.25, 0.3) is 0 Å². The first-order chi connectivity index (χ1) is 10.5. The zero-order valence-corrected chi connectivity index (χ0v) is 13.3. The van der Waals surface area contributed by atoms with Crippen LogP contribution < -0.4 is 10.6 Å². The van der Waals surface area contributed by atoms with Gasteiger partial charge in [0.05, 0.1) is 0 Å². The van der Waals surface area contributed by atoms with Gasteiger partial charge in [0, 0.05) is 36.7 Å². The number of unbranched alkanes of at least 4 members (excludes halogenated alkanes) is 2. The van der Waals surface area contributed by atoms with Crippen molar-refractivity contribution in [1.29, 1.82) is 0 Å². The molecular weight excluding hydrogens is 307 g/mol. The van der Waals surface area contributed by atoms with Crippen LogP contribution in [0.1, 0.15) is 31.2 Å². The third-order valence-corrected chi connectivity index (χ3v) is 3.27. The number of benzene rings is 1. The number of hydrogen-bond donors (Lipinski definition) is 2. The van der Waals surface area contributed by atoms with Crippen molar-refractivity contribution in [3.8, 4) is 0 Å². The van der Waals surface area contributed by atoms with E-state index in [9.17, 15) is 14.0 Å². The molecule has 2 N–H and O–H groups in total. The molecule has 0 saturated heterocycles. The minimum atomic E-state index is -0.467. The highest BCUT2D eigenvalue weighted by Gasteiger charge is 2.01. The topological polar surface area (TPSA) is 58.2 Å². The summed E-state index contributed by atoms with van der Waals surface area (Å²) < 4.78 is 13.5. The fraction of sp³-hybridized carbons (Fsp3) is 0.375. The second-order valence-electron chi connectivity index (χ2n) is 4.77. The van der Waals surface area contributed by atoms with Crippen LogP contribution in [0.25, 0.3) is 6.08 Å². The van der Waals surface area contributed by atoms with Crippen LogP contribution in [0.3, 0.4) is 0 Å². The predicted octanol–water partition coefficient (Wildman–Crippen LogP) is 2.91. The van der Waals surface area contributed by atoms with E-state index >= 15 is 0 Å². The molecule has 0 fully saturated rings. The van der Waals surface area contributed by atoms with E-state index in [-0.39, 0.29) is 11.8 Å². The molecular formula is C16H20ClFN2O2. The molecule has 0 aliphatic heterocycles. The summed E-state index contributed by atoms with van der Waals surface area (Å²) in [4.78, 5) is 22.6. The van der Waals surface area contributed by atoms with Gasteiger partial charge < -0.3 is 10.6 Å². The van der Waals surface area contributed by atoms with Crippen LogP contribution in [0.2, 0.25) is 5.02 Å². The fourth-order valence-electron chi connectivity index (χ4n) is 1.78. The molecule has 0 bridgehead atoms. The Morgan fingerprint density at radius 3 is 2.73 bits per heavy atom. The van der Waals surface area contributed by atoms with E-state index in [0.29, 0.717) is 23.6 Å². The van der Waals surface area contributed by atoms with E-state index < -0.39 is 5.82 Å². The summed E-state index contributed by atoms with van der Waals surface area (Å²) in [6, 6.07) is 4.28. The van der Waals surface area contributed by atoms with E-state index in [1.54, 1.807) is 13.1 Å². The normalized spacial score (nSPS) is 10.7. The van der Waals surface area contributed by atoms with Gasteiger partial charge in [0.2, 0.25) is 11.8 Å². The van der Waals surface area contributed by atoms with E-state index in [2.05, 4.69) is 10.6 Å². The van der Waals surface area contributed by atoms with Crippen molar-refractivity contribution in [3.05, 3.63) is 40.7 Å². The van der Waals surface area contributed by atoms with Crippen molar-refractivity contribution >= 4 is 29.5 Å². The maximum Gasteiger partial charge on any atom is 0.244 e. The zero-order valence-electron chi connectivity index (χ0n) is 12.5. The van der Waals surface area contributed by atoms with Crippen molar-refractivity contribution in [2.75, 3.05) is 13.6 Å². The van der Waals surface area contributed by atoms with Crippen LogP contribution in [0.15, 0.2) is 24.3 Å². The summed E-state index contributed by atoms with van der Waals surface area (Å²) in [6.45, 7) is 0.528. The number of carbonyl (C=O) groups is 2. The van der Waals surface area contributed by atoms with E-state index in [1.165, 1.54) is 24.3 Å². The molecule has 4 nitrogen and oxygen atoms in total. The van der Waals surface area contributed by atoms with E-state index in [4.69, 9.17) is 11.6 Å². The minimum Gasteiger partial charge on any atom is -0.359 e. The average Bonchev–Trinajstić information content (AvgIpc) is 2.49. The van der Waals surface area contributed by atoms with Gasteiger partial charge in [0.1, 0.15) is 5.82 Å². The van der Waals surface area contributed by atoms with Crippen LogP contribution in [0, 0.1) is 5.82 Å². The quantitative estimate of drug-likeness (QED) is 0.570. The maximum absolute atomic E-state index is 13.5. The number of nitrogens with one attached hydrogen (secondary N) is 2. The molecule has 0 radical (unpaired) electrons. The summed E-state index contributed by atoms with van der Waals surface area (Å²) in [5.74, 6) is -0.719. The highest BCUT2D eigenvalue weighted by Crippen LogP contribution is 2.15. The van der Waals surface area contributed by atoms with Gasteiger partial charge in [-0.3, -0.25) is 9.59 Å². The van der Waals surface area contributed by atoms with Crippen LogP contribution in [-0.4, -0.2) is 25.4 Å². The standard InChI is InChI=1S/C16H20ClFN2O2/c1-19-15(21)5-3-2-4-10-20-16(22)9-7-12-6-8-13(17)11-14(12)18/h6-9,11H,2-5,10H2,1H3,(H,19,21)(H,20,22)/b9-7+. The third-order valence-electron chi connectivity index (χ3n) is 3.04. The molecule has 0 aliphatic carbocycles. The Balaban J connectivity index is 2.23. The SMILES string of the molecule is CNC(=O)CCCCCNC(=O)/C=C/c1ccc(Cl)cc1F. The summed E-state index contributed by atoms with van der Waals surface area (Å²) in [5, 5.41) is 5.58. The number of rotatable bonds is 8. The van der Waals surface area contributed by atoms with Crippen molar-refractivity contribution in [2.24, 2.45) is 0 Å². The lowest BCUT2D eigenvalue weighted by Crippen LogP contribution is -2.22. The predicted molar refractivity (Wildman–Crippen MR) is 86.0 cm³/mol. The Morgan fingerprint density at radius 1 is 1.27 bits per heavy atom. The highest BCUT2D eigenvalue weighted by molar-refractivity contribution is 6.30. The van der Waals surface area contributed by atoms with E-state index in [0.717, 1.165) is 19.3 Å². The average molecular weight is 327 g/mol. The van der Waals surface area contributed by atoms with Crippen molar-refractivity contribution in [1.82, 2.24) is 10.6 Å². The Kier molecular flexibility index (Phi) is 8.22. The fourth-order valence-corrected chi connectivity index (χ4v) is 1.94. The Morgan fingerprint density at radius 2 is 2.05 bits per heavy atom. The van der Waals surface area contributed by atoms with Gasteiger partial charge >= 0.3 is 0 Å². The number of amides is 2. The van der Waals surface area contributed by atoms with Crippen molar-refractivity contribution in [3.63, 3.8) is 0 Å². The summed E-state index contributed by atoms with van der Waals surface area (Å²) in [5.41, 5.74) is 0.310. The van der Waals surface area contributed by atoms with Gasteiger partial charge in [-0.1, -0.05) is 24.1 Å². The largest absolute Gasteiger partial charge is 0.359 e. The molecule has 22 heavy (non-hydrogen) atoms. The molecule has 2 amide bonds. The monoisotopic (exact) mass is 326 g/mol. The molecule has 1 aromatic carbocycles. The maximum atomic E-state index is 13.5. The number of hydrogen-bond acceptors (Lipinski definition) is 2. The van der Waals surface area contributed by atoms with Gasteiger partial charge in [-0.25, -0.2) is 4.39 Å². The molecule has 0 unspecified atom stereocenters. The molecule has 0 atom stereocenters. The van der Waals surface area contributed by atoms with Crippen LogP contribution in [0.4, 0.5) is 4.39 Å². The van der Waals surface area contributed by atoms with Gasteiger partial charge in [0.15, 0.2) is 0 Å². The molecule has 120 valence electrons. The number of halogens is 2. The molecule has 0 aliphatic rings. The Bertz CT molecular complexity index is 547. The van der Waals surface area contributed by atoms with Crippen LogP contribution >= 0.6 is 11.6 Å². The number of carbonyl (C=O) groups excluding carboxylic acids is 2. The van der Waals surface area contributed by atoms with Crippen LogP contribution in [0.5, 0.6) is 0 Å². The minimum absolute atomic E-state index is 0.0250. The lowest BCUT2D eigenvalue weighted by Gasteiger charge is -2.03. The van der Waals surface area contributed by atoms with Gasteiger partial charge in [-0.15, -0.1) is 0 Å².